The van der Waals surface area contributed by atoms with Gasteiger partial charge in [-0.1, -0.05) is 32.9 Å². The molecule has 2 aliphatic heterocycles. The molecule has 1 fully saturated rings. The Morgan fingerprint density at radius 3 is 2.47 bits per heavy atom. The molecule has 2 heterocycles. The summed E-state index contributed by atoms with van der Waals surface area (Å²) in [5.74, 6) is 0.0898. The van der Waals surface area contributed by atoms with E-state index in [1.165, 1.54) is 31.5 Å². The SMILES string of the molecule is CC1=CN=C(N)N(c2ccc(OCCN3CCCC3)cc2)C1(N)Nc1cccc(C(C)(C)C)c1. The number of aliphatic imine (C=N–C) groups is 1. The quantitative estimate of drug-likeness (QED) is 0.534. The molecular formula is C27H38N6O. The Kier molecular flexibility index (Phi) is 6.86. The number of benzene rings is 2. The van der Waals surface area contributed by atoms with Crippen LogP contribution in [0.3, 0.4) is 0 Å². The summed E-state index contributed by atoms with van der Waals surface area (Å²) in [6.45, 7) is 12.5. The number of rotatable bonds is 7. The Bertz CT molecular complexity index is 1050. The van der Waals surface area contributed by atoms with Gasteiger partial charge >= 0.3 is 0 Å². The van der Waals surface area contributed by atoms with Crippen LogP contribution < -0.4 is 26.4 Å². The van der Waals surface area contributed by atoms with Gasteiger partial charge in [0.2, 0.25) is 5.96 Å². The number of guanidine groups is 1. The molecular weight excluding hydrogens is 424 g/mol. The van der Waals surface area contributed by atoms with E-state index in [1.807, 2.05) is 48.2 Å². The molecule has 7 nitrogen and oxygen atoms in total. The van der Waals surface area contributed by atoms with Crippen LogP contribution in [0.2, 0.25) is 0 Å². The maximum Gasteiger partial charge on any atom is 0.203 e. The van der Waals surface area contributed by atoms with Crippen molar-refractivity contribution in [3.63, 3.8) is 0 Å². The topological polar surface area (TPSA) is 92.1 Å². The van der Waals surface area contributed by atoms with Crippen molar-refractivity contribution >= 4 is 17.3 Å². The fraction of sp³-hybridized carbons (Fsp3) is 0.444. The molecule has 182 valence electrons. The zero-order valence-electron chi connectivity index (χ0n) is 20.8. The summed E-state index contributed by atoms with van der Waals surface area (Å²) in [6, 6.07) is 16.2. The Balaban J connectivity index is 1.53. The lowest BCUT2D eigenvalue weighted by Crippen LogP contribution is -2.67. The van der Waals surface area contributed by atoms with Crippen molar-refractivity contribution in [1.82, 2.24) is 4.90 Å². The molecule has 0 spiro atoms. The Morgan fingerprint density at radius 1 is 1.09 bits per heavy atom. The first-order valence-electron chi connectivity index (χ1n) is 12.1. The molecule has 0 saturated carbocycles. The minimum Gasteiger partial charge on any atom is -0.492 e. The highest BCUT2D eigenvalue weighted by Gasteiger charge is 2.39. The van der Waals surface area contributed by atoms with Gasteiger partial charge in [-0.15, -0.1) is 0 Å². The van der Waals surface area contributed by atoms with Gasteiger partial charge < -0.3 is 15.8 Å². The molecule has 0 aliphatic carbocycles. The monoisotopic (exact) mass is 462 g/mol. The number of nitrogens with two attached hydrogens (primary N) is 2. The maximum absolute atomic E-state index is 7.00. The minimum atomic E-state index is -1.07. The molecule has 4 rings (SSSR count). The molecule has 34 heavy (non-hydrogen) atoms. The standard InChI is InChI=1S/C27H38N6O/c1-20-19-30-25(28)33(27(20,29)31-22-9-7-8-21(18-22)26(2,3)4)23-10-12-24(13-11-23)34-17-16-32-14-5-6-15-32/h7-13,18-19,31H,5-6,14-17,29H2,1-4H3,(H2,28,30). The minimum absolute atomic E-state index is 0.0294. The van der Waals surface area contributed by atoms with Crippen molar-refractivity contribution in [2.45, 2.75) is 51.7 Å². The van der Waals surface area contributed by atoms with E-state index in [-0.39, 0.29) is 5.41 Å². The predicted octanol–water partition coefficient (Wildman–Crippen LogP) is 4.22. The van der Waals surface area contributed by atoms with E-state index in [4.69, 9.17) is 16.2 Å². The molecule has 2 aliphatic rings. The number of nitrogens with zero attached hydrogens (tertiary/aromatic N) is 3. The van der Waals surface area contributed by atoms with Gasteiger partial charge in [0.25, 0.3) is 0 Å². The van der Waals surface area contributed by atoms with E-state index < -0.39 is 5.79 Å². The van der Waals surface area contributed by atoms with Crippen LogP contribution in [0, 0.1) is 0 Å². The zero-order valence-corrected chi connectivity index (χ0v) is 20.8. The lowest BCUT2D eigenvalue weighted by atomic mass is 9.87. The second-order valence-corrected chi connectivity index (χ2v) is 10.2. The predicted molar refractivity (Wildman–Crippen MR) is 141 cm³/mol. The van der Waals surface area contributed by atoms with Gasteiger partial charge in [-0.25, -0.2) is 4.99 Å². The van der Waals surface area contributed by atoms with E-state index in [0.717, 1.165) is 29.2 Å². The molecule has 2 aromatic rings. The Morgan fingerprint density at radius 2 is 1.79 bits per heavy atom. The lowest BCUT2D eigenvalue weighted by molar-refractivity contribution is 0.238. The molecule has 1 atom stereocenters. The molecule has 1 unspecified atom stereocenters. The summed E-state index contributed by atoms with van der Waals surface area (Å²) in [6.07, 6.45) is 4.30. The van der Waals surface area contributed by atoms with E-state index in [2.05, 4.69) is 48.1 Å². The third-order valence-corrected chi connectivity index (χ3v) is 6.61. The van der Waals surface area contributed by atoms with E-state index in [1.54, 1.807) is 6.20 Å². The zero-order chi connectivity index (χ0) is 24.3. The highest BCUT2D eigenvalue weighted by molar-refractivity contribution is 5.98. The first-order valence-corrected chi connectivity index (χ1v) is 12.1. The van der Waals surface area contributed by atoms with Gasteiger partial charge in [-0.05, 0) is 80.2 Å². The van der Waals surface area contributed by atoms with Crippen molar-refractivity contribution in [3.05, 3.63) is 65.9 Å². The second kappa shape index (κ2) is 9.68. The highest BCUT2D eigenvalue weighted by atomic mass is 16.5. The van der Waals surface area contributed by atoms with Gasteiger partial charge in [0.1, 0.15) is 12.4 Å². The molecule has 5 N–H and O–H groups in total. The van der Waals surface area contributed by atoms with Crippen LogP contribution in [0.5, 0.6) is 5.75 Å². The van der Waals surface area contributed by atoms with Gasteiger partial charge in [0.15, 0.2) is 5.79 Å². The Labute approximate surface area is 203 Å². The fourth-order valence-electron chi connectivity index (χ4n) is 4.44. The summed E-state index contributed by atoms with van der Waals surface area (Å²) < 4.78 is 5.97. The van der Waals surface area contributed by atoms with Gasteiger partial charge in [-0.3, -0.25) is 15.5 Å². The summed E-state index contributed by atoms with van der Waals surface area (Å²) in [7, 11) is 0. The number of ether oxygens (including phenoxy) is 1. The summed E-state index contributed by atoms with van der Waals surface area (Å²) in [5, 5.41) is 3.52. The summed E-state index contributed by atoms with van der Waals surface area (Å²) in [4.78, 5) is 8.66. The average Bonchev–Trinajstić information content (AvgIpc) is 3.31. The van der Waals surface area contributed by atoms with Gasteiger partial charge in [0, 0.05) is 29.7 Å². The number of hydrogen-bond donors (Lipinski definition) is 3. The molecule has 1 saturated heterocycles. The lowest BCUT2D eigenvalue weighted by Gasteiger charge is -2.45. The molecule has 2 aromatic carbocycles. The third-order valence-electron chi connectivity index (χ3n) is 6.61. The van der Waals surface area contributed by atoms with Crippen LogP contribution >= 0.6 is 0 Å². The average molecular weight is 463 g/mol. The first kappa shape index (κ1) is 24.1. The molecule has 7 heteroatoms. The first-order chi connectivity index (χ1) is 16.2. The van der Waals surface area contributed by atoms with Crippen LogP contribution in [0.4, 0.5) is 11.4 Å². The van der Waals surface area contributed by atoms with Crippen LogP contribution in [0.1, 0.15) is 46.1 Å². The smallest absolute Gasteiger partial charge is 0.203 e. The summed E-state index contributed by atoms with van der Waals surface area (Å²) in [5.41, 5.74) is 17.2. The van der Waals surface area contributed by atoms with Crippen molar-refractivity contribution in [3.8, 4) is 5.75 Å². The van der Waals surface area contributed by atoms with Crippen molar-refractivity contribution in [2.24, 2.45) is 16.5 Å². The normalized spacial score (nSPS) is 21.3. The van der Waals surface area contributed by atoms with E-state index in [0.29, 0.717) is 12.6 Å². The molecule has 0 bridgehead atoms. The van der Waals surface area contributed by atoms with Crippen LogP contribution in [0.15, 0.2) is 65.3 Å². The van der Waals surface area contributed by atoms with Crippen molar-refractivity contribution in [2.75, 3.05) is 36.5 Å². The second-order valence-electron chi connectivity index (χ2n) is 10.2. The van der Waals surface area contributed by atoms with Crippen LogP contribution in [-0.4, -0.2) is 42.9 Å². The largest absolute Gasteiger partial charge is 0.492 e. The number of likely N-dealkylation sites (tertiary alicyclic amines) is 1. The van der Waals surface area contributed by atoms with Crippen LogP contribution in [0.25, 0.3) is 0 Å². The van der Waals surface area contributed by atoms with Crippen molar-refractivity contribution < 1.29 is 4.74 Å². The van der Waals surface area contributed by atoms with Crippen LogP contribution in [-0.2, 0) is 5.41 Å². The van der Waals surface area contributed by atoms with E-state index in [9.17, 15) is 0 Å². The van der Waals surface area contributed by atoms with Crippen molar-refractivity contribution in [1.29, 1.82) is 0 Å². The van der Waals surface area contributed by atoms with Gasteiger partial charge in [-0.2, -0.15) is 0 Å². The maximum atomic E-state index is 7.00. The molecule has 0 aromatic heterocycles. The molecule has 0 radical (unpaired) electrons. The fourth-order valence-corrected chi connectivity index (χ4v) is 4.44. The van der Waals surface area contributed by atoms with Gasteiger partial charge in [0.05, 0.1) is 0 Å². The number of anilines is 2. The number of nitrogens with one attached hydrogen (secondary N) is 1. The number of hydrogen-bond acceptors (Lipinski definition) is 7. The summed E-state index contributed by atoms with van der Waals surface area (Å²) >= 11 is 0. The Hall–Kier alpha value is -3.03. The molecule has 0 amide bonds. The van der Waals surface area contributed by atoms with E-state index >= 15 is 0 Å². The third kappa shape index (κ3) is 5.21. The highest BCUT2D eigenvalue weighted by Crippen LogP contribution is 2.33.